The Labute approximate surface area is 160 Å². The first-order chi connectivity index (χ1) is 12.8. The minimum Gasteiger partial charge on any atom is -0.388 e. The van der Waals surface area contributed by atoms with Crippen LogP contribution in [0, 0.1) is 5.92 Å². The third-order valence-electron chi connectivity index (χ3n) is 6.13. The Morgan fingerprint density at radius 2 is 1.85 bits per heavy atom. The SMILES string of the molecule is C=C(CCCCCC1CCOCC1)NCCc1ccc2c(c1)CCCC2. The van der Waals surface area contributed by atoms with Crippen molar-refractivity contribution in [3.05, 3.63) is 47.2 Å². The van der Waals surface area contributed by atoms with Gasteiger partial charge in [0.1, 0.15) is 0 Å². The van der Waals surface area contributed by atoms with E-state index < -0.39 is 0 Å². The van der Waals surface area contributed by atoms with Crippen LogP contribution in [0.5, 0.6) is 0 Å². The zero-order valence-corrected chi connectivity index (χ0v) is 16.5. The van der Waals surface area contributed by atoms with Gasteiger partial charge in [-0.3, -0.25) is 0 Å². The highest BCUT2D eigenvalue weighted by atomic mass is 16.5. The molecule has 2 nitrogen and oxygen atoms in total. The number of hydrogen-bond donors (Lipinski definition) is 1. The number of nitrogens with one attached hydrogen (secondary N) is 1. The smallest absolute Gasteiger partial charge is 0.0468 e. The van der Waals surface area contributed by atoms with Crippen molar-refractivity contribution >= 4 is 0 Å². The molecule has 1 aliphatic carbocycles. The van der Waals surface area contributed by atoms with Crippen LogP contribution in [-0.2, 0) is 24.0 Å². The van der Waals surface area contributed by atoms with Gasteiger partial charge in [0.25, 0.3) is 0 Å². The highest BCUT2D eigenvalue weighted by molar-refractivity contribution is 5.34. The van der Waals surface area contributed by atoms with Gasteiger partial charge in [0.15, 0.2) is 0 Å². The summed E-state index contributed by atoms with van der Waals surface area (Å²) >= 11 is 0. The molecule has 144 valence electrons. The lowest BCUT2D eigenvalue weighted by Crippen LogP contribution is -2.16. The quantitative estimate of drug-likeness (QED) is 0.553. The molecule has 0 radical (unpaired) electrons. The molecule has 0 amide bonds. The molecule has 0 aromatic heterocycles. The van der Waals surface area contributed by atoms with E-state index in [1.165, 1.54) is 75.5 Å². The molecule has 1 saturated heterocycles. The summed E-state index contributed by atoms with van der Waals surface area (Å²) in [6, 6.07) is 7.12. The Hall–Kier alpha value is -1.28. The van der Waals surface area contributed by atoms with Crippen LogP contribution in [0.2, 0.25) is 0 Å². The highest BCUT2D eigenvalue weighted by Crippen LogP contribution is 2.23. The van der Waals surface area contributed by atoms with E-state index in [0.29, 0.717) is 0 Å². The predicted molar refractivity (Wildman–Crippen MR) is 111 cm³/mol. The summed E-state index contributed by atoms with van der Waals surface area (Å²) < 4.78 is 5.44. The summed E-state index contributed by atoms with van der Waals surface area (Å²) in [5.41, 5.74) is 5.87. The fraction of sp³-hybridized carbons (Fsp3) is 0.667. The molecule has 0 spiro atoms. The standard InChI is InChI=1S/C24H37NO/c1-20(7-3-2-4-8-21-14-17-26-18-15-21)25-16-13-22-11-12-23-9-5-6-10-24(23)19-22/h11-12,19,21,25H,1-10,13-18H2. The minimum absolute atomic E-state index is 0.918. The summed E-state index contributed by atoms with van der Waals surface area (Å²) in [4.78, 5) is 0. The molecule has 0 atom stereocenters. The molecule has 2 aliphatic rings. The van der Waals surface area contributed by atoms with E-state index in [1.807, 2.05) is 0 Å². The van der Waals surface area contributed by atoms with E-state index in [9.17, 15) is 0 Å². The second-order valence-corrected chi connectivity index (χ2v) is 8.25. The molecular weight excluding hydrogens is 318 g/mol. The fourth-order valence-electron chi connectivity index (χ4n) is 4.40. The number of unbranched alkanes of at least 4 members (excludes halogenated alkanes) is 2. The monoisotopic (exact) mass is 355 g/mol. The summed E-state index contributed by atoms with van der Waals surface area (Å²) in [6.45, 7) is 7.19. The molecule has 2 heteroatoms. The van der Waals surface area contributed by atoms with Gasteiger partial charge in [-0.25, -0.2) is 0 Å². The number of benzene rings is 1. The van der Waals surface area contributed by atoms with Crippen molar-refractivity contribution in [2.24, 2.45) is 5.92 Å². The van der Waals surface area contributed by atoms with Gasteiger partial charge in [0, 0.05) is 25.5 Å². The van der Waals surface area contributed by atoms with Crippen molar-refractivity contribution < 1.29 is 4.74 Å². The normalized spacial score (nSPS) is 17.7. The number of aryl methyl sites for hydroxylation is 2. The van der Waals surface area contributed by atoms with Crippen molar-refractivity contribution in [3.8, 4) is 0 Å². The average molecular weight is 356 g/mol. The summed E-state index contributed by atoms with van der Waals surface area (Å²) in [6.07, 6.45) is 15.4. The molecule has 26 heavy (non-hydrogen) atoms. The molecule has 1 aliphatic heterocycles. The van der Waals surface area contributed by atoms with E-state index in [-0.39, 0.29) is 0 Å². The Balaban J connectivity index is 1.24. The minimum atomic E-state index is 0.918. The molecule has 3 rings (SSSR count). The maximum Gasteiger partial charge on any atom is 0.0468 e. The van der Waals surface area contributed by atoms with E-state index in [0.717, 1.165) is 38.5 Å². The first-order valence-electron chi connectivity index (χ1n) is 10.9. The van der Waals surface area contributed by atoms with Gasteiger partial charge in [0.2, 0.25) is 0 Å². The van der Waals surface area contributed by atoms with Gasteiger partial charge in [0.05, 0.1) is 0 Å². The summed E-state index contributed by atoms with van der Waals surface area (Å²) in [7, 11) is 0. The maximum atomic E-state index is 5.44. The number of ether oxygens (including phenoxy) is 1. The van der Waals surface area contributed by atoms with Gasteiger partial charge < -0.3 is 10.1 Å². The molecular formula is C24H37NO. The van der Waals surface area contributed by atoms with Crippen LogP contribution in [-0.4, -0.2) is 19.8 Å². The summed E-state index contributed by atoms with van der Waals surface area (Å²) in [5.74, 6) is 0.918. The Morgan fingerprint density at radius 3 is 2.69 bits per heavy atom. The molecule has 0 unspecified atom stereocenters. The fourth-order valence-corrected chi connectivity index (χ4v) is 4.40. The van der Waals surface area contributed by atoms with Gasteiger partial charge >= 0.3 is 0 Å². The van der Waals surface area contributed by atoms with Crippen LogP contribution in [0.1, 0.15) is 74.5 Å². The van der Waals surface area contributed by atoms with Crippen molar-refractivity contribution in [1.29, 1.82) is 0 Å². The topological polar surface area (TPSA) is 21.3 Å². The summed E-state index contributed by atoms with van der Waals surface area (Å²) in [5, 5.41) is 3.54. The van der Waals surface area contributed by atoms with Gasteiger partial charge in [-0.1, -0.05) is 44.0 Å². The Bertz CT molecular complexity index is 559. The molecule has 1 fully saturated rings. The van der Waals surface area contributed by atoms with Crippen LogP contribution in [0.4, 0.5) is 0 Å². The molecule has 1 heterocycles. The number of rotatable bonds is 10. The average Bonchev–Trinajstić information content (AvgIpc) is 2.68. The van der Waals surface area contributed by atoms with Gasteiger partial charge in [-0.05, 0) is 80.4 Å². The Kier molecular flexibility index (Phi) is 8.07. The Morgan fingerprint density at radius 1 is 1.04 bits per heavy atom. The highest BCUT2D eigenvalue weighted by Gasteiger charge is 2.13. The molecule has 1 aromatic carbocycles. The van der Waals surface area contributed by atoms with E-state index in [4.69, 9.17) is 4.74 Å². The number of allylic oxidation sites excluding steroid dienone is 1. The van der Waals surface area contributed by atoms with Crippen LogP contribution in [0.15, 0.2) is 30.5 Å². The largest absolute Gasteiger partial charge is 0.388 e. The number of hydrogen-bond acceptors (Lipinski definition) is 2. The van der Waals surface area contributed by atoms with Crippen LogP contribution in [0.3, 0.4) is 0 Å². The predicted octanol–water partition coefficient (Wildman–Crippen LogP) is 5.59. The van der Waals surface area contributed by atoms with Crippen molar-refractivity contribution in [2.45, 2.75) is 77.0 Å². The van der Waals surface area contributed by atoms with Crippen molar-refractivity contribution in [1.82, 2.24) is 5.32 Å². The second kappa shape index (κ2) is 10.8. The van der Waals surface area contributed by atoms with E-state index in [2.05, 4.69) is 30.1 Å². The molecule has 1 N–H and O–H groups in total. The third-order valence-corrected chi connectivity index (χ3v) is 6.13. The number of fused-ring (bicyclic) bond motifs is 1. The van der Waals surface area contributed by atoms with E-state index >= 15 is 0 Å². The second-order valence-electron chi connectivity index (χ2n) is 8.25. The molecule has 0 bridgehead atoms. The van der Waals surface area contributed by atoms with E-state index in [1.54, 1.807) is 11.1 Å². The van der Waals surface area contributed by atoms with Gasteiger partial charge in [-0.2, -0.15) is 0 Å². The lowest BCUT2D eigenvalue weighted by molar-refractivity contribution is 0.0631. The zero-order valence-electron chi connectivity index (χ0n) is 16.5. The molecule has 0 saturated carbocycles. The first-order valence-corrected chi connectivity index (χ1v) is 10.9. The first kappa shape index (κ1) is 19.5. The van der Waals surface area contributed by atoms with Crippen molar-refractivity contribution in [2.75, 3.05) is 19.8 Å². The third kappa shape index (κ3) is 6.46. The lowest BCUT2D eigenvalue weighted by atomic mass is 9.90. The maximum absolute atomic E-state index is 5.44. The van der Waals surface area contributed by atoms with Crippen LogP contribution in [0.25, 0.3) is 0 Å². The van der Waals surface area contributed by atoms with Gasteiger partial charge in [-0.15, -0.1) is 0 Å². The lowest BCUT2D eigenvalue weighted by Gasteiger charge is -2.21. The molecule has 1 aromatic rings. The van der Waals surface area contributed by atoms with Crippen LogP contribution < -0.4 is 5.32 Å². The van der Waals surface area contributed by atoms with Crippen molar-refractivity contribution in [3.63, 3.8) is 0 Å². The zero-order chi connectivity index (χ0) is 18.0. The van der Waals surface area contributed by atoms with Crippen LogP contribution >= 0.6 is 0 Å².